The van der Waals surface area contributed by atoms with Gasteiger partial charge in [-0.25, -0.2) is 0 Å². The second-order valence-electron chi connectivity index (χ2n) is 6.91. The van der Waals surface area contributed by atoms with Crippen LogP contribution in [-0.4, -0.2) is 49.4 Å². The molecule has 5 nitrogen and oxygen atoms in total. The highest BCUT2D eigenvalue weighted by Crippen LogP contribution is 2.14. The summed E-state index contributed by atoms with van der Waals surface area (Å²) in [5, 5.41) is 5.67. The van der Waals surface area contributed by atoms with Gasteiger partial charge in [0.1, 0.15) is 0 Å². The molecule has 0 saturated carbocycles. The number of amides is 2. The van der Waals surface area contributed by atoms with E-state index in [1.165, 1.54) is 0 Å². The van der Waals surface area contributed by atoms with Crippen molar-refractivity contribution < 1.29 is 9.59 Å². The third-order valence-corrected chi connectivity index (χ3v) is 2.90. The Labute approximate surface area is 134 Å². The maximum absolute atomic E-state index is 11.5. The molecule has 0 aromatic heterocycles. The van der Waals surface area contributed by atoms with Crippen LogP contribution in [0.15, 0.2) is 24.3 Å². The van der Waals surface area contributed by atoms with E-state index in [4.69, 9.17) is 0 Å². The van der Waals surface area contributed by atoms with E-state index in [-0.39, 0.29) is 17.2 Å². The van der Waals surface area contributed by atoms with Crippen molar-refractivity contribution in [2.75, 3.05) is 32.7 Å². The van der Waals surface area contributed by atoms with Crippen molar-refractivity contribution in [2.45, 2.75) is 34.6 Å². The van der Waals surface area contributed by atoms with Crippen molar-refractivity contribution in [1.82, 2.24) is 15.5 Å². The molecule has 0 fully saturated rings. The maximum atomic E-state index is 11.5. The van der Waals surface area contributed by atoms with Gasteiger partial charge in [-0.3, -0.25) is 14.5 Å². The molecule has 2 amide bonds. The molecular weight excluding hydrogens is 278 g/mol. The van der Waals surface area contributed by atoms with Crippen LogP contribution in [0, 0.1) is 5.41 Å². The van der Waals surface area contributed by atoms with Crippen LogP contribution in [0.4, 0.5) is 0 Å². The molecule has 0 aliphatic rings. The molecular formula is C17H31N3O2. The number of nitrogens with zero attached hydrogens (tertiary/aromatic N) is 1. The van der Waals surface area contributed by atoms with E-state index in [9.17, 15) is 9.59 Å². The number of hydrogen-bond acceptors (Lipinski definition) is 3. The average molecular weight is 309 g/mol. The fourth-order valence-corrected chi connectivity index (χ4v) is 1.90. The Balaban J connectivity index is 4.32. The zero-order valence-corrected chi connectivity index (χ0v) is 14.7. The monoisotopic (exact) mass is 309 g/mol. The van der Waals surface area contributed by atoms with E-state index in [1.54, 1.807) is 13.8 Å². The van der Waals surface area contributed by atoms with Crippen molar-refractivity contribution >= 4 is 11.8 Å². The lowest BCUT2D eigenvalue weighted by Crippen LogP contribution is -2.43. The number of rotatable bonds is 9. The predicted octanol–water partition coefficient (Wildman–Crippen LogP) is 1.72. The molecule has 0 saturated heterocycles. The fourth-order valence-electron chi connectivity index (χ4n) is 1.90. The van der Waals surface area contributed by atoms with E-state index < -0.39 is 0 Å². The Morgan fingerprint density at radius 3 is 1.55 bits per heavy atom. The highest BCUT2D eigenvalue weighted by atomic mass is 16.2. The first-order valence-corrected chi connectivity index (χ1v) is 7.62. The van der Waals surface area contributed by atoms with Gasteiger partial charge in [-0.15, -0.1) is 0 Å². The molecule has 0 heterocycles. The predicted molar refractivity (Wildman–Crippen MR) is 91.5 cm³/mol. The summed E-state index contributed by atoms with van der Waals surface area (Å²) in [6.07, 6.45) is 0. The fraction of sp³-hybridized carbons (Fsp3) is 0.647. The van der Waals surface area contributed by atoms with E-state index >= 15 is 0 Å². The molecule has 0 aromatic carbocycles. The normalized spacial score (nSPS) is 11.2. The van der Waals surface area contributed by atoms with E-state index in [0.717, 1.165) is 19.6 Å². The van der Waals surface area contributed by atoms with Gasteiger partial charge in [-0.2, -0.15) is 0 Å². The zero-order chi connectivity index (χ0) is 17.3. The van der Waals surface area contributed by atoms with Crippen LogP contribution in [0.5, 0.6) is 0 Å². The number of carbonyl (C=O) groups is 2. The van der Waals surface area contributed by atoms with E-state index in [1.807, 2.05) is 0 Å². The molecule has 0 atom stereocenters. The first-order valence-electron chi connectivity index (χ1n) is 7.62. The van der Waals surface area contributed by atoms with Crippen molar-refractivity contribution in [3.05, 3.63) is 24.3 Å². The van der Waals surface area contributed by atoms with Gasteiger partial charge in [0.05, 0.1) is 0 Å². The maximum Gasteiger partial charge on any atom is 0.246 e. The molecule has 0 aliphatic heterocycles. The van der Waals surface area contributed by atoms with Crippen LogP contribution in [0.25, 0.3) is 0 Å². The summed E-state index contributed by atoms with van der Waals surface area (Å²) < 4.78 is 0. The lowest BCUT2D eigenvalue weighted by atomic mass is 9.96. The van der Waals surface area contributed by atoms with Crippen LogP contribution < -0.4 is 10.6 Å². The van der Waals surface area contributed by atoms with Crippen molar-refractivity contribution in [1.29, 1.82) is 0 Å². The third kappa shape index (κ3) is 10.2. The Morgan fingerprint density at radius 2 is 1.27 bits per heavy atom. The Morgan fingerprint density at radius 1 is 0.909 bits per heavy atom. The van der Waals surface area contributed by atoms with Gasteiger partial charge in [-0.1, -0.05) is 33.9 Å². The lowest BCUT2D eigenvalue weighted by molar-refractivity contribution is -0.118. The largest absolute Gasteiger partial charge is 0.351 e. The van der Waals surface area contributed by atoms with Crippen LogP contribution in [0.3, 0.4) is 0 Å². The van der Waals surface area contributed by atoms with E-state index in [0.29, 0.717) is 24.2 Å². The highest BCUT2D eigenvalue weighted by molar-refractivity contribution is 5.92. The van der Waals surface area contributed by atoms with Crippen LogP contribution in [-0.2, 0) is 9.59 Å². The topological polar surface area (TPSA) is 61.4 Å². The quantitative estimate of drug-likeness (QED) is 0.638. The van der Waals surface area contributed by atoms with Gasteiger partial charge >= 0.3 is 0 Å². The van der Waals surface area contributed by atoms with Crippen molar-refractivity contribution in [3.63, 3.8) is 0 Å². The molecule has 0 bridgehead atoms. The molecule has 22 heavy (non-hydrogen) atoms. The molecule has 0 unspecified atom stereocenters. The zero-order valence-electron chi connectivity index (χ0n) is 14.7. The van der Waals surface area contributed by atoms with Crippen LogP contribution in [0.2, 0.25) is 0 Å². The summed E-state index contributed by atoms with van der Waals surface area (Å²) in [6.45, 7) is 20.6. The van der Waals surface area contributed by atoms with E-state index in [2.05, 4.69) is 49.5 Å². The van der Waals surface area contributed by atoms with Gasteiger partial charge < -0.3 is 10.6 Å². The molecule has 0 radical (unpaired) electrons. The molecule has 0 aromatic rings. The molecule has 126 valence electrons. The second kappa shape index (κ2) is 9.41. The highest BCUT2D eigenvalue weighted by Gasteiger charge is 2.16. The Hall–Kier alpha value is -1.62. The number of nitrogens with one attached hydrogen (secondary N) is 2. The van der Waals surface area contributed by atoms with Gasteiger partial charge in [0.25, 0.3) is 0 Å². The minimum Gasteiger partial charge on any atom is -0.351 e. The second-order valence-corrected chi connectivity index (χ2v) is 6.91. The molecule has 0 rings (SSSR count). The van der Waals surface area contributed by atoms with Gasteiger partial charge in [0.15, 0.2) is 0 Å². The summed E-state index contributed by atoms with van der Waals surface area (Å²) in [6, 6.07) is 0. The van der Waals surface area contributed by atoms with Gasteiger partial charge in [0, 0.05) is 43.9 Å². The SMILES string of the molecule is C=C(C)C(=O)NCCN(CCNC(=O)C(=C)C)CC(C)(C)C. The summed E-state index contributed by atoms with van der Waals surface area (Å²) in [5.74, 6) is -0.238. The number of hydrogen-bond donors (Lipinski definition) is 2. The minimum absolute atomic E-state index is 0.119. The summed E-state index contributed by atoms with van der Waals surface area (Å²) in [7, 11) is 0. The summed E-state index contributed by atoms with van der Waals surface area (Å²) in [4.78, 5) is 25.2. The third-order valence-electron chi connectivity index (χ3n) is 2.90. The molecule has 0 spiro atoms. The summed E-state index contributed by atoms with van der Waals surface area (Å²) >= 11 is 0. The summed E-state index contributed by atoms with van der Waals surface area (Å²) in [5.41, 5.74) is 1.17. The smallest absolute Gasteiger partial charge is 0.246 e. The first kappa shape index (κ1) is 20.4. The standard InChI is InChI=1S/C17H31N3O2/c1-13(2)15(21)18-8-10-20(12-17(5,6)7)11-9-19-16(22)14(3)4/h1,3,8-12H2,2,4-7H3,(H,18,21)(H,19,22). The minimum atomic E-state index is -0.119. The van der Waals surface area contributed by atoms with Crippen LogP contribution in [0.1, 0.15) is 34.6 Å². The van der Waals surface area contributed by atoms with Crippen molar-refractivity contribution in [2.24, 2.45) is 5.41 Å². The average Bonchev–Trinajstić information content (AvgIpc) is 2.35. The van der Waals surface area contributed by atoms with Crippen molar-refractivity contribution in [3.8, 4) is 0 Å². The Kier molecular flexibility index (Phi) is 8.72. The Bertz CT molecular complexity index is 390. The number of carbonyl (C=O) groups excluding carboxylic acids is 2. The lowest BCUT2D eigenvalue weighted by Gasteiger charge is -2.30. The van der Waals surface area contributed by atoms with Crippen LogP contribution >= 0.6 is 0 Å². The first-order chi connectivity index (χ1) is 10.0. The van der Waals surface area contributed by atoms with Gasteiger partial charge in [0.2, 0.25) is 11.8 Å². The molecule has 2 N–H and O–H groups in total. The molecule has 5 heteroatoms. The molecule has 0 aliphatic carbocycles. The van der Waals surface area contributed by atoms with Gasteiger partial charge in [-0.05, 0) is 19.3 Å².